The summed E-state index contributed by atoms with van der Waals surface area (Å²) in [6.45, 7) is 3.51. The van der Waals surface area contributed by atoms with Gasteiger partial charge in [-0.3, -0.25) is 18.6 Å². The predicted octanol–water partition coefficient (Wildman–Crippen LogP) is -10.7. The Morgan fingerprint density at radius 3 is 1.23 bits per heavy atom. The Bertz CT molecular complexity index is 2580. The van der Waals surface area contributed by atoms with E-state index < -0.39 is 261 Å². The monoisotopic (exact) mass is 1400 g/mol. The Balaban J connectivity index is 1.50. The van der Waals surface area contributed by atoms with Crippen LogP contribution in [0, 0.1) is 0 Å². The number of hydrogen-bond donors (Lipinski definition) is 22. The molecule has 6 aliphatic rings. The molecule has 0 aromatic heterocycles. The Morgan fingerprint density at radius 2 is 0.849 bits per heavy atom. The van der Waals surface area contributed by atoms with E-state index in [1.54, 1.807) is 0 Å². The van der Waals surface area contributed by atoms with Gasteiger partial charge in [0.25, 0.3) is 0 Å². The number of nitrogens with two attached hydrogens (primary N) is 1. The lowest BCUT2D eigenvalue weighted by atomic mass is 9.85. The summed E-state index contributed by atoms with van der Waals surface area (Å²) in [5.41, 5.74) is 5.74. The molecule has 0 aromatic rings. The fraction of sp³-hybridized carbons (Fsp3) is 0.918. The van der Waals surface area contributed by atoms with Crippen molar-refractivity contribution in [1.29, 1.82) is 0 Å². The van der Waals surface area contributed by atoms with Gasteiger partial charge in [0.05, 0.1) is 56.4 Å². The van der Waals surface area contributed by atoms with Gasteiger partial charge in [0.2, 0.25) is 11.8 Å². The first-order valence-electron chi connectivity index (χ1n) is 28.9. The van der Waals surface area contributed by atoms with Gasteiger partial charge in [-0.15, -0.1) is 0 Å². The van der Waals surface area contributed by atoms with E-state index in [2.05, 4.69) is 10.6 Å². The van der Waals surface area contributed by atoms with Crippen LogP contribution >= 0.6 is 15.6 Å². The molecule has 6 saturated heterocycles. The number of carboxylic acids is 2. The van der Waals surface area contributed by atoms with Crippen LogP contribution in [0.15, 0.2) is 0 Å². The maximum Gasteiger partial charge on any atom is 0.470 e. The number of phosphoric ester groups is 2. The number of ether oxygens (including phenoxy) is 12. The quantitative estimate of drug-likeness (QED) is 0.0255. The average molecular weight is 1400 g/mol. The Labute approximate surface area is 527 Å². The van der Waals surface area contributed by atoms with Crippen LogP contribution in [0.25, 0.3) is 0 Å². The number of rotatable bonds is 28. The van der Waals surface area contributed by atoms with Crippen molar-refractivity contribution in [3.05, 3.63) is 0 Å². The number of carbonyl (C=O) groups is 4. The molecule has 6 fully saturated rings. The van der Waals surface area contributed by atoms with E-state index in [1.807, 2.05) is 0 Å². The third-order valence-corrected chi connectivity index (χ3v) is 17.1. The molecule has 2 amide bonds. The normalized spacial score (nSPS) is 44.2. The number of carboxylic acid groups (broad SMARTS) is 2. The number of hydrogen-bond acceptors (Lipinski definition) is 34. The molecule has 2 unspecified atom stereocenters. The number of phosphoric acid groups is 2. The van der Waals surface area contributed by atoms with Crippen molar-refractivity contribution in [3.8, 4) is 0 Å². The SMILES string of the molecule is CC(=O)N[C@@H]1[C@@H](OP(=O)(O)O)[C@H](O)[C@@H](C(=O)O)O[C@]1(CC(O)CO)O[C@@H]1[C@@H](O)[C@H](C)O[C@@H](O[C@@H]2[C@@H](O)[C@H](C)O[C@@H](O[C@H]3[C@H](OCCCN)O[C@@H](C)[C@H](O)[C@H]3O[C@@]3(CC(O)CO)O[C@H](C(=O)O)[C@@H](O)[C@H](OP(=O)(O)O)[C@H]3NC(C)=O)[C@@H]2O)[C@@H]1O[C@@H]1O[C@@H](C)[C@H](O)[C@@H](O)[C@H]1O. The summed E-state index contributed by atoms with van der Waals surface area (Å²) in [5.74, 6) is -12.8. The highest BCUT2D eigenvalue weighted by Gasteiger charge is 2.66. The van der Waals surface area contributed by atoms with E-state index in [-0.39, 0.29) is 19.6 Å². The van der Waals surface area contributed by atoms with E-state index >= 15 is 0 Å². The predicted molar refractivity (Wildman–Crippen MR) is 290 cm³/mol. The van der Waals surface area contributed by atoms with Gasteiger partial charge in [-0.25, -0.2) is 18.7 Å². The van der Waals surface area contributed by atoms with Crippen LogP contribution in [0.1, 0.15) is 60.8 Å². The van der Waals surface area contributed by atoms with Crippen LogP contribution < -0.4 is 16.4 Å². The van der Waals surface area contributed by atoms with E-state index in [0.717, 1.165) is 27.7 Å². The maximum absolute atomic E-state index is 13.0. The average Bonchev–Trinajstić information content (AvgIpc) is 0.745. The highest BCUT2D eigenvalue weighted by Crippen LogP contribution is 2.49. The van der Waals surface area contributed by atoms with Gasteiger partial charge in [0.15, 0.2) is 48.9 Å². The molecule has 42 nitrogen and oxygen atoms in total. The summed E-state index contributed by atoms with van der Waals surface area (Å²) in [7, 11) is -11.7. The largest absolute Gasteiger partial charge is 0.479 e. The molecule has 32 atom stereocenters. The number of amides is 2. The minimum Gasteiger partial charge on any atom is -0.479 e. The topological polar surface area (TPSA) is 666 Å². The third-order valence-electron chi connectivity index (χ3n) is 16.0. The highest BCUT2D eigenvalue weighted by atomic mass is 31.2. The van der Waals surface area contributed by atoms with Crippen molar-refractivity contribution < 1.29 is 190 Å². The molecule has 0 bridgehead atoms. The van der Waals surface area contributed by atoms with Crippen molar-refractivity contribution in [3.63, 3.8) is 0 Å². The molecule has 0 aromatic carbocycles. The number of aliphatic hydroxyl groups is 13. The molecule has 0 saturated carbocycles. The highest BCUT2D eigenvalue weighted by molar-refractivity contribution is 7.46. The van der Waals surface area contributed by atoms with Crippen molar-refractivity contribution in [1.82, 2.24) is 10.6 Å². The molecule has 6 aliphatic heterocycles. The van der Waals surface area contributed by atoms with E-state index in [9.17, 15) is 124 Å². The standard InChI is InChI=1S/C49H85N3O39P2/c1-14-22(59)26(63)27(64)44(79-14)85-39-33(87-49(11-21(58)13-54)41(52-19(6)56)35(91-93(75,76)77)29(66)37(89-49)43(70)71)25(62)17(4)82-47(39)83-31-23(60)15(2)80-45(30(31)67)84-38-32(24(61)16(3)81-46(38)78-9-7-8-50)86-48(10-20(57)12-53)40(51-18(5)55)34(90-92(72,73)74)28(65)36(88-48)42(68)69/h14-17,20-41,44-47,53-54,57-67H,7-13,50H2,1-6H3,(H,51,55)(H,52,56)(H,68,69)(H,70,71)(H2,72,73,74)(H2,75,76,77)/t14-,15-,16-,17-,20?,21?,22-,23-,24-,25-,26+,27+,28-,29-,30+,31+,32+,33+,34-,35-,36-,37-,38+,39+,40+,41+,44-,45-,46+,47-,48-,49-/m0/s1. The van der Waals surface area contributed by atoms with Gasteiger partial charge in [-0.1, -0.05) is 0 Å². The van der Waals surface area contributed by atoms with Crippen LogP contribution in [0.2, 0.25) is 0 Å². The van der Waals surface area contributed by atoms with Gasteiger partial charge in [-0.2, -0.15) is 0 Å². The molecule has 93 heavy (non-hydrogen) atoms. The Kier molecular flexibility index (Phi) is 27.5. The fourth-order valence-corrected chi connectivity index (χ4v) is 12.7. The maximum atomic E-state index is 13.0. The molecule has 23 N–H and O–H groups in total. The van der Waals surface area contributed by atoms with Gasteiger partial charge in [0, 0.05) is 26.7 Å². The van der Waals surface area contributed by atoms with Crippen molar-refractivity contribution in [2.24, 2.45) is 5.73 Å². The minimum absolute atomic E-state index is 0.0294. The van der Waals surface area contributed by atoms with Crippen LogP contribution in [0.5, 0.6) is 0 Å². The second-order valence-electron chi connectivity index (χ2n) is 23.2. The number of aliphatic hydroxyl groups excluding tert-OH is 13. The van der Waals surface area contributed by atoms with Crippen LogP contribution in [0.4, 0.5) is 0 Å². The Morgan fingerprint density at radius 1 is 0.495 bits per heavy atom. The summed E-state index contributed by atoms with van der Waals surface area (Å²) in [6, 6.07) is -4.75. The lowest BCUT2D eigenvalue weighted by Crippen LogP contribution is -2.75. The molecule has 0 aliphatic carbocycles. The molecule has 0 radical (unpaired) electrons. The minimum atomic E-state index is -5.89. The van der Waals surface area contributed by atoms with Gasteiger partial charge in [-0.05, 0) is 40.7 Å². The van der Waals surface area contributed by atoms with Gasteiger partial charge < -0.3 is 169 Å². The molecular weight excluding hydrogens is 1320 g/mol. The summed E-state index contributed by atoms with van der Waals surface area (Å²) >= 11 is 0. The number of aliphatic carboxylic acids is 2. The van der Waals surface area contributed by atoms with Crippen LogP contribution in [-0.4, -0.2) is 342 Å². The van der Waals surface area contributed by atoms with E-state index in [4.69, 9.17) is 71.6 Å². The summed E-state index contributed by atoms with van der Waals surface area (Å²) in [4.78, 5) is 91.8. The van der Waals surface area contributed by atoms with Crippen molar-refractivity contribution in [2.45, 2.75) is 256 Å². The first kappa shape index (κ1) is 79.0. The lowest BCUT2D eigenvalue weighted by molar-refractivity contribution is -0.422. The number of carbonyl (C=O) groups excluding carboxylic acids is 2. The van der Waals surface area contributed by atoms with Gasteiger partial charge >= 0.3 is 27.6 Å². The molecular formula is C49H85N3O39P2. The molecule has 540 valence electrons. The molecule has 6 rings (SSSR count). The molecule has 0 spiro atoms. The zero-order valence-corrected chi connectivity index (χ0v) is 52.2. The second-order valence-corrected chi connectivity index (χ2v) is 25.6. The second kappa shape index (κ2) is 32.4. The molecule has 44 heteroatoms. The zero-order valence-electron chi connectivity index (χ0n) is 50.4. The summed E-state index contributed by atoms with van der Waals surface area (Å²) in [6.07, 6.45) is -64.0. The van der Waals surface area contributed by atoms with E-state index in [1.165, 1.54) is 13.8 Å². The summed E-state index contributed by atoms with van der Waals surface area (Å²) in [5, 5.41) is 172. The first-order valence-corrected chi connectivity index (χ1v) is 32.0. The fourth-order valence-electron chi connectivity index (χ4n) is 11.5. The third kappa shape index (κ3) is 18.7. The van der Waals surface area contributed by atoms with Crippen molar-refractivity contribution >= 4 is 39.4 Å². The lowest BCUT2D eigenvalue weighted by Gasteiger charge is -2.55. The van der Waals surface area contributed by atoms with Crippen LogP contribution in [0.3, 0.4) is 0 Å². The Hall–Kier alpha value is -2.94. The summed E-state index contributed by atoms with van der Waals surface area (Å²) < 4.78 is 108. The van der Waals surface area contributed by atoms with Crippen molar-refractivity contribution in [2.75, 3.05) is 26.4 Å². The zero-order chi connectivity index (χ0) is 69.9. The first-order chi connectivity index (χ1) is 43.1. The van der Waals surface area contributed by atoms with Gasteiger partial charge in [0.1, 0.15) is 110 Å². The molecule has 6 heterocycles. The van der Waals surface area contributed by atoms with Crippen LogP contribution in [-0.2, 0) is 94.2 Å². The van der Waals surface area contributed by atoms with E-state index in [0.29, 0.717) is 0 Å². The smallest absolute Gasteiger partial charge is 0.470 e. The number of nitrogens with one attached hydrogen (secondary N) is 2.